The third-order valence-corrected chi connectivity index (χ3v) is 1.11. The molecule has 10 heavy (non-hydrogen) atoms. The van der Waals surface area contributed by atoms with Crippen LogP contribution in [0.5, 0.6) is 0 Å². The van der Waals surface area contributed by atoms with E-state index in [-0.39, 0.29) is 0 Å². The molecular formula is C8H13NO. The minimum Gasteiger partial charge on any atom is -0.377 e. The predicted octanol–water partition coefficient (Wildman–Crippen LogP) is 1.88. The maximum Gasteiger partial charge on any atom is 0.0945 e. The first-order valence-electron chi connectivity index (χ1n) is 3.60. The van der Waals surface area contributed by atoms with E-state index in [1.165, 1.54) is 0 Å². The fourth-order valence-corrected chi connectivity index (χ4v) is 0.629. The maximum absolute atomic E-state index is 8.32. The molecule has 0 amide bonds. The Kier molecular flexibility index (Phi) is 5.80. The smallest absolute Gasteiger partial charge is 0.0945 e. The van der Waals surface area contributed by atoms with Gasteiger partial charge < -0.3 is 4.74 Å². The van der Waals surface area contributed by atoms with E-state index < -0.39 is 0 Å². The minimum absolute atomic E-state index is 0.614. The van der Waals surface area contributed by atoms with Crippen molar-refractivity contribution in [3.8, 4) is 6.07 Å². The van der Waals surface area contributed by atoms with Crippen LogP contribution < -0.4 is 0 Å². The zero-order valence-corrected chi connectivity index (χ0v) is 6.55. The summed E-state index contributed by atoms with van der Waals surface area (Å²) in [7, 11) is 0. The first-order chi connectivity index (χ1) is 4.93. The average Bonchev–Trinajstić information content (AvgIpc) is 2.10. The molecule has 0 atom stereocenters. The molecular weight excluding hydrogens is 126 g/mol. The van der Waals surface area contributed by atoms with Gasteiger partial charge in [-0.3, -0.25) is 0 Å². The Hall–Kier alpha value is -0.810. The van der Waals surface area contributed by atoms with E-state index in [2.05, 4.69) is 6.07 Å². The van der Waals surface area contributed by atoms with Gasteiger partial charge in [0, 0.05) is 12.0 Å². The van der Waals surface area contributed by atoms with Crippen LogP contribution in [0.3, 0.4) is 0 Å². The van der Waals surface area contributed by atoms with E-state index >= 15 is 0 Å². The lowest BCUT2D eigenvalue weighted by Gasteiger charge is -2.05. The van der Waals surface area contributed by atoms with Gasteiger partial charge in [-0.25, -0.2) is 0 Å². The van der Waals surface area contributed by atoms with Crippen LogP contribution in [-0.4, -0.2) is 13.2 Å². The summed E-state index contributed by atoms with van der Waals surface area (Å²) in [5, 5.41) is 8.32. The van der Waals surface area contributed by atoms with Gasteiger partial charge in [-0.2, -0.15) is 5.26 Å². The summed E-state index contributed by atoms with van der Waals surface area (Å²) >= 11 is 0. The summed E-state index contributed by atoms with van der Waals surface area (Å²) < 4.78 is 4.97. The molecule has 0 fully saturated rings. The zero-order valence-electron chi connectivity index (χ0n) is 6.55. The van der Waals surface area contributed by atoms with Crippen LogP contribution in [0.15, 0.2) is 11.6 Å². The number of ether oxygens (including phenoxy) is 1. The summed E-state index contributed by atoms with van der Waals surface area (Å²) in [5.74, 6) is 0. The molecule has 1 heterocycles. The summed E-state index contributed by atoms with van der Waals surface area (Å²) in [6, 6.07) is 2.08. The molecule has 0 aromatic heterocycles. The molecule has 0 aromatic carbocycles. The molecule has 0 aliphatic carbocycles. The standard InChI is InChI=1S/C6H7NO.C2H6/c7-5-6-1-3-8-4-2-6;1-2/h1H,2-4H2;1-2H3. The second-order valence-electron chi connectivity index (χ2n) is 1.67. The van der Waals surface area contributed by atoms with Gasteiger partial charge in [0.1, 0.15) is 0 Å². The number of nitrogens with zero attached hydrogens (tertiary/aromatic N) is 1. The molecule has 1 rings (SSSR count). The monoisotopic (exact) mass is 139 g/mol. The second-order valence-corrected chi connectivity index (χ2v) is 1.67. The lowest BCUT2D eigenvalue weighted by atomic mass is 10.2. The van der Waals surface area contributed by atoms with Crippen LogP contribution in [0, 0.1) is 11.3 Å². The van der Waals surface area contributed by atoms with Crippen LogP contribution >= 0.6 is 0 Å². The van der Waals surface area contributed by atoms with Crippen LogP contribution in [0.4, 0.5) is 0 Å². The molecule has 0 unspecified atom stereocenters. The van der Waals surface area contributed by atoms with E-state index in [4.69, 9.17) is 10.00 Å². The van der Waals surface area contributed by atoms with E-state index in [1.54, 1.807) is 0 Å². The molecule has 0 aromatic rings. The van der Waals surface area contributed by atoms with Crippen molar-refractivity contribution < 1.29 is 4.74 Å². The Balaban J connectivity index is 0.000000371. The van der Waals surface area contributed by atoms with Crippen LogP contribution in [-0.2, 0) is 4.74 Å². The lowest BCUT2D eigenvalue weighted by Crippen LogP contribution is -2.02. The summed E-state index contributed by atoms with van der Waals surface area (Å²) in [4.78, 5) is 0. The first kappa shape index (κ1) is 9.19. The van der Waals surface area contributed by atoms with Gasteiger partial charge in [-0.05, 0) is 6.08 Å². The number of hydrogen-bond donors (Lipinski definition) is 0. The van der Waals surface area contributed by atoms with Crippen molar-refractivity contribution in [2.24, 2.45) is 0 Å². The Morgan fingerprint density at radius 1 is 1.60 bits per heavy atom. The van der Waals surface area contributed by atoms with Gasteiger partial charge in [0.25, 0.3) is 0 Å². The highest BCUT2D eigenvalue weighted by molar-refractivity contribution is 5.21. The topological polar surface area (TPSA) is 33.0 Å². The van der Waals surface area contributed by atoms with Crippen molar-refractivity contribution in [1.29, 1.82) is 5.26 Å². The van der Waals surface area contributed by atoms with Gasteiger partial charge in [-0.1, -0.05) is 13.8 Å². The van der Waals surface area contributed by atoms with Crippen molar-refractivity contribution in [2.75, 3.05) is 13.2 Å². The maximum atomic E-state index is 8.32. The van der Waals surface area contributed by atoms with Gasteiger partial charge in [0.05, 0.1) is 19.3 Å². The minimum atomic E-state index is 0.614. The second kappa shape index (κ2) is 6.31. The number of hydrogen-bond acceptors (Lipinski definition) is 2. The highest BCUT2D eigenvalue weighted by atomic mass is 16.5. The Bertz CT molecular complexity index is 144. The molecule has 1 aliphatic rings. The highest BCUT2D eigenvalue weighted by Gasteiger charge is 1.99. The predicted molar refractivity (Wildman–Crippen MR) is 40.5 cm³/mol. The van der Waals surface area contributed by atoms with Crippen molar-refractivity contribution >= 4 is 0 Å². The molecule has 1 aliphatic heterocycles. The molecule has 0 radical (unpaired) electrons. The molecule has 0 N–H and O–H groups in total. The molecule has 2 heteroatoms. The van der Waals surface area contributed by atoms with Gasteiger partial charge in [0.2, 0.25) is 0 Å². The summed E-state index contributed by atoms with van der Waals surface area (Å²) in [6.07, 6.45) is 2.61. The van der Waals surface area contributed by atoms with Crippen molar-refractivity contribution in [1.82, 2.24) is 0 Å². The largest absolute Gasteiger partial charge is 0.377 e. The van der Waals surface area contributed by atoms with E-state index in [1.807, 2.05) is 19.9 Å². The lowest BCUT2D eigenvalue weighted by molar-refractivity contribution is 0.156. The fraction of sp³-hybridized carbons (Fsp3) is 0.625. The molecule has 0 bridgehead atoms. The Labute approximate surface area is 62.1 Å². The SMILES string of the molecule is CC.N#CC1=CCOCC1. The summed E-state index contributed by atoms with van der Waals surface area (Å²) in [6.45, 7) is 5.32. The van der Waals surface area contributed by atoms with Gasteiger partial charge >= 0.3 is 0 Å². The average molecular weight is 139 g/mol. The first-order valence-corrected chi connectivity index (χ1v) is 3.60. The van der Waals surface area contributed by atoms with Crippen LogP contribution in [0.2, 0.25) is 0 Å². The Morgan fingerprint density at radius 3 is 2.60 bits per heavy atom. The molecule has 0 saturated heterocycles. The zero-order chi connectivity index (χ0) is 7.82. The van der Waals surface area contributed by atoms with E-state index in [0.717, 1.165) is 12.0 Å². The van der Waals surface area contributed by atoms with E-state index in [0.29, 0.717) is 13.2 Å². The number of nitriles is 1. The molecule has 2 nitrogen and oxygen atoms in total. The highest BCUT2D eigenvalue weighted by Crippen LogP contribution is 2.04. The van der Waals surface area contributed by atoms with Crippen molar-refractivity contribution in [3.05, 3.63) is 11.6 Å². The van der Waals surface area contributed by atoms with Crippen LogP contribution in [0.25, 0.3) is 0 Å². The summed E-state index contributed by atoms with van der Waals surface area (Å²) in [5.41, 5.74) is 0.858. The normalized spacial score (nSPS) is 15.9. The molecule has 0 saturated carbocycles. The van der Waals surface area contributed by atoms with Gasteiger partial charge in [0.15, 0.2) is 0 Å². The fourth-order valence-electron chi connectivity index (χ4n) is 0.629. The molecule has 56 valence electrons. The number of rotatable bonds is 0. The quantitative estimate of drug-likeness (QED) is 0.513. The van der Waals surface area contributed by atoms with Crippen molar-refractivity contribution in [2.45, 2.75) is 20.3 Å². The molecule has 0 spiro atoms. The van der Waals surface area contributed by atoms with Gasteiger partial charge in [-0.15, -0.1) is 0 Å². The van der Waals surface area contributed by atoms with Crippen LogP contribution in [0.1, 0.15) is 20.3 Å². The third kappa shape index (κ3) is 3.26. The Morgan fingerprint density at radius 2 is 2.30 bits per heavy atom. The van der Waals surface area contributed by atoms with E-state index in [9.17, 15) is 0 Å². The third-order valence-electron chi connectivity index (χ3n) is 1.11. The van der Waals surface area contributed by atoms with Crippen molar-refractivity contribution in [3.63, 3.8) is 0 Å².